The highest BCUT2D eigenvalue weighted by molar-refractivity contribution is 9.10. The highest BCUT2D eigenvalue weighted by atomic mass is 79.9. The number of carbonyl (C=O) groups is 2. The molecule has 0 N–H and O–H groups in total. The van der Waals surface area contributed by atoms with Crippen LogP contribution >= 0.6 is 27.7 Å². The van der Waals surface area contributed by atoms with Crippen LogP contribution in [0.4, 0.5) is 10.5 Å². The van der Waals surface area contributed by atoms with Crippen molar-refractivity contribution < 1.29 is 9.59 Å². The van der Waals surface area contributed by atoms with Gasteiger partial charge in [0.15, 0.2) is 0 Å². The predicted molar refractivity (Wildman–Crippen MR) is 91.4 cm³/mol. The van der Waals surface area contributed by atoms with Crippen LogP contribution < -0.4 is 4.90 Å². The Morgan fingerprint density at radius 1 is 1.29 bits per heavy atom. The molecule has 1 aliphatic heterocycles. The van der Waals surface area contributed by atoms with Crippen LogP contribution in [0, 0.1) is 0 Å². The van der Waals surface area contributed by atoms with Gasteiger partial charge in [0.25, 0.3) is 11.1 Å². The van der Waals surface area contributed by atoms with E-state index in [9.17, 15) is 9.59 Å². The molecule has 1 heterocycles. The first-order chi connectivity index (χ1) is 9.81. The molecule has 2 rings (SSSR count). The van der Waals surface area contributed by atoms with Crippen molar-refractivity contribution in [2.24, 2.45) is 0 Å². The van der Waals surface area contributed by atoms with E-state index in [4.69, 9.17) is 0 Å². The summed E-state index contributed by atoms with van der Waals surface area (Å²) in [5.74, 6) is -0.215. The zero-order valence-corrected chi connectivity index (χ0v) is 14.8. The number of nitrogens with zero attached hydrogens (tertiary/aromatic N) is 2. The second-order valence-electron chi connectivity index (χ2n) is 5.25. The molecule has 0 radical (unpaired) electrons. The van der Waals surface area contributed by atoms with Crippen molar-refractivity contribution >= 4 is 50.6 Å². The molecule has 0 bridgehead atoms. The number of anilines is 1. The Bertz CT molecular complexity index is 626. The van der Waals surface area contributed by atoms with E-state index in [1.165, 1.54) is 4.90 Å². The smallest absolute Gasteiger partial charge is 0.293 e. The van der Waals surface area contributed by atoms with Crippen LogP contribution in [0.15, 0.2) is 27.6 Å². The van der Waals surface area contributed by atoms with Crippen molar-refractivity contribution in [2.75, 3.05) is 19.0 Å². The van der Waals surface area contributed by atoms with Crippen LogP contribution in [-0.2, 0) is 4.79 Å². The Labute approximate surface area is 137 Å². The van der Waals surface area contributed by atoms with Crippen LogP contribution in [0.25, 0.3) is 6.08 Å². The topological polar surface area (TPSA) is 40.6 Å². The fraction of sp³-hybridized carbons (Fsp3) is 0.333. The number of halogens is 1. The van der Waals surface area contributed by atoms with E-state index in [1.54, 1.807) is 6.08 Å². The van der Waals surface area contributed by atoms with Crippen LogP contribution in [0.3, 0.4) is 0 Å². The number of amides is 2. The van der Waals surface area contributed by atoms with Crippen LogP contribution in [0.5, 0.6) is 0 Å². The van der Waals surface area contributed by atoms with Crippen molar-refractivity contribution in [3.8, 4) is 0 Å². The molecule has 21 heavy (non-hydrogen) atoms. The molecular formula is C15H17BrN2O2S. The normalized spacial score (nSPS) is 17.2. The molecule has 1 aromatic rings. The fourth-order valence-corrected chi connectivity index (χ4v) is 3.76. The van der Waals surface area contributed by atoms with Gasteiger partial charge in [0.05, 0.1) is 10.6 Å². The molecule has 0 unspecified atom stereocenters. The summed E-state index contributed by atoms with van der Waals surface area (Å²) < 4.78 is 0.948. The lowest BCUT2D eigenvalue weighted by Crippen LogP contribution is -2.34. The summed E-state index contributed by atoms with van der Waals surface area (Å²) in [5, 5.41) is -0.203. The average Bonchev–Trinajstić information content (AvgIpc) is 2.63. The molecule has 0 aromatic heterocycles. The zero-order chi connectivity index (χ0) is 15.7. The Balaban J connectivity index is 2.31. The predicted octanol–water partition coefficient (Wildman–Crippen LogP) is 3.96. The van der Waals surface area contributed by atoms with Crippen molar-refractivity contribution in [2.45, 2.75) is 19.9 Å². The van der Waals surface area contributed by atoms with Gasteiger partial charge >= 0.3 is 0 Å². The third kappa shape index (κ3) is 3.32. The largest absolute Gasteiger partial charge is 0.377 e. The van der Waals surface area contributed by atoms with Gasteiger partial charge in [-0.2, -0.15) is 0 Å². The lowest BCUT2D eigenvalue weighted by atomic mass is 10.2. The molecule has 0 aliphatic carbocycles. The molecule has 2 amide bonds. The van der Waals surface area contributed by atoms with Crippen LogP contribution in [0.1, 0.15) is 19.4 Å². The minimum atomic E-state index is -0.215. The van der Waals surface area contributed by atoms with Crippen molar-refractivity contribution in [1.82, 2.24) is 4.90 Å². The fourth-order valence-electron chi connectivity index (χ4n) is 2.05. The summed E-state index contributed by atoms with van der Waals surface area (Å²) in [6, 6.07) is 5.73. The van der Waals surface area contributed by atoms with Gasteiger partial charge in [-0.25, -0.2) is 0 Å². The molecule has 0 spiro atoms. The molecule has 4 nitrogen and oxygen atoms in total. The molecule has 0 atom stereocenters. The van der Waals surface area contributed by atoms with Crippen molar-refractivity contribution in [3.05, 3.63) is 33.1 Å². The Morgan fingerprint density at radius 3 is 2.43 bits per heavy atom. The van der Waals surface area contributed by atoms with Gasteiger partial charge < -0.3 is 4.90 Å². The highest BCUT2D eigenvalue weighted by Crippen LogP contribution is 2.34. The Hall–Kier alpha value is -1.27. The number of carbonyl (C=O) groups excluding carboxylic acids is 2. The third-order valence-corrected chi connectivity index (χ3v) is 4.61. The summed E-state index contributed by atoms with van der Waals surface area (Å²) in [6.07, 6.45) is 1.76. The van der Waals surface area contributed by atoms with Gasteiger partial charge in [-0.3, -0.25) is 14.5 Å². The van der Waals surface area contributed by atoms with E-state index in [1.807, 2.05) is 51.0 Å². The number of rotatable bonds is 3. The number of thioether (sulfide) groups is 1. The summed E-state index contributed by atoms with van der Waals surface area (Å²) in [5.41, 5.74) is 1.95. The molecule has 1 saturated heterocycles. The molecule has 0 saturated carbocycles. The third-order valence-electron chi connectivity index (χ3n) is 3.09. The van der Waals surface area contributed by atoms with Crippen LogP contribution in [-0.4, -0.2) is 36.2 Å². The number of benzene rings is 1. The molecule has 6 heteroatoms. The van der Waals surface area contributed by atoms with E-state index < -0.39 is 0 Å². The summed E-state index contributed by atoms with van der Waals surface area (Å²) in [7, 11) is 3.93. The van der Waals surface area contributed by atoms with Gasteiger partial charge in [0, 0.05) is 24.6 Å². The second-order valence-corrected chi connectivity index (χ2v) is 7.10. The molecule has 1 fully saturated rings. The molecule has 1 aliphatic rings. The Kier molecular flexibility index (Phi) is 4.78. The van der Waals surface area contributed by atoms with Gasteiger partial charge in [-0.05, 0) is 65.3 Å². The Morgan fingerprint density at radius 2 is 1.95 bits per heavy atom. The number of hydrogen-bond donors (Lipinski definition) is 0. The van der Waals surface area contributed by atoms with Crippen molar-refractivity contribution in [1.29, 1.82) is 0 Å². The lowest BCUT2D eigenvalue weighted by Gasteiger charge is -2.16. The summed E-state index contributed by atoms with van der Waals surface area (Å²) in [6.45, 7) is 3.67. The molecular weight excluding hydrogens is 352 g/mol. The van der Waals surface area contributed by atoms with Gasteiger partial charge in [-0.15, -0.1) is 0 Å². The van der Waals surface area contributed by atoms with E-state index in [0.29, 0.717) is 4.91 Å². The van der Waals surface area contributed by atoms with E-state index in [-0.39, 0.29) is 17.2 Å². The number of imide groups is 1. The lowest BCUT2D eigenvalue weighted by molar-refractivity contribution is -0.123. The second kappa shape index (κ2) is 6.23. The molecule has 1 aromatic carbocycles. The first kappa shape index (κ1) is 16.1. The summed E-state index contributed by atoms with van der Waals surface area (Å²) >= 11 is 4.51. The van der Waals surface area contributed by atoms with Crippen molar-refractivity contribution in [3.63, 3.8) is 0 Å². The monoisotopic (exact) mass is 368 g/mol. The zero-order valence-electron chi connectivity index (χ0n) is 12.4. The molecule has 112 valence electrons. The summed E-state index contributed by atoms with van der Waals surface area (Å²) in [4.78, 5) is 27.8. The van der Waals surface area contributed by atoms with E-state index in [0.717, 1.165) is 27.5 Å². The van der Waals surface area contributed by atoms with Gasteiger partial charge in [0.2, 0.25) is 0 Å². The van der Waals surface area contributed by atoms with E-state index in [2.05, 4.69) is 15.9 Å². The quantitative estimate of drug-likeness (QED) is 0.757. The minimum absolute atomic E-state index is 0.119. The highest BCUT2D eigenvalue weighted by Gasteiger charge is 2.36. The average molecular weight is 369 g/mol. The first-order valence-electron chi connectivity index (χ1n) is 6.55. The maximum absolute atomic E-state index is 12.2. The standard InChI is InChI=1S/C15H17BrN2O2S/c1-9(2)18-14(19)13(21-15(18)20)8-10-5-6-12(17(3)4)11(16)7-10/h5-9H,1-4H3/b13-8-. The maximum Gasteiger partial charge on any atom is 0.293 e. The SMILES string of the molecule is CC(C)N1C(=O)S/C(=C\c2ccc(N(C)C)c(Br)c2)C1=O. The van der Waals surface area contributed by atoms with E-state index >= 15 is 0 Å². The minimum Gasteiger partial charge on any atom is -0.377 e. The number of hydrogen-bond acceptors (Lipinski definition) is 4. The van der Waals surface area contributed by atoms with Gasteiger partial charge in [-0.1, -0.05) is 6.07 Å². The maximum atomic E-state index is 12.2. The van der Waals surface area contributed by atoms with Gasteiger partial charge in [0.1, 0.15) is 0 Å². The van der Waals surface area contributed by atoms with Crippen LogP contribution in [0.2, 0.25) is 0 Å². The first-order valence-corrected chi connectivity index (χ1v) is 8.16.